The molecule has 0 atom stereocenters. The van der Waals surface area contributed by atoms with E-state index in [2.05, 4.69) is 0 Å². The highest BCUT2D eigenvalue weighted by molar-refractivity contribution is 7.92. The summed E-state index contributed by atoms with van der Waals surface area (Å²) in [4.78, 5) is 14.5. The van der Waals surface area contributed by atoms with E-state index in [1.807, 2.05) is 4.83 Å². The molecule has 3 rings (SSSR count). The van der Waals surface area contributed by atoms with Gasteiger partial charge < -0.3 is 5.11 Å². The number of rotatable bonds is 4. The Morgan fingerprint density at radius 1 is 0.893 bits per heavy atom. The summed E-state index contributed by atoms with van der Waals surface area (Å²) in [5.74, 6) is -0.912. The summed E-state index contributed by atoms with van der Waals surface area (Å²) in [7, 11) is -4.25. The SMILES string of the molecule is N#Cc1c(-c2ccccc2)c(C#N)c(=O)n(NS(=O)(=O)c2ccccc2)c1O. The van der Waals surface area contributed by atoms with E-state index in [0.717, 1.165) is 0 Å². The average molecular weight is 392 g/mol. The number of hydrogen-bond donors (Lipinski definition) is 2. The maximum Gasteiger partial charge on any atom is 0.291 e. The molecule has 0 saturated heterocycles. The van der Waals surface area contributed by atoms with Gasteiger partial charge in [-0.1, -0.05) is 48.5 Å². The number of aromatic nitrogens is 1. The monoisotopic (exact) mass is 392 g/mol. The van der Waals surface area contributed by atoms with Crippen LogP contribution in [0.3, 0.4) is 0 Å². The summed E-state index contributed by atoms with van der Waals surface area (Å²) in [6.07, 6.45) is 0. The third kappa shape index (κ3) is 3.18. The Balaban J connectivity index is 2.28. The highest BCUT2D eigenvalue weighted by Gasteiger charge is 2.25. The Morgan fingerprint density at radius 2 is 1.43 bits per heavy atom. The van der Waals surface area contributed by atoms with Gasteiger partial charge >= 0.3 is 0 Å². The molecule has 0 fully saturated rings. The molecule has 0 bridgehead atoms. The summed E-state index contributed by atoms with van der Waals surface area (Å²) in [5.41, 5.74) is -1.68. The van der Waals surface area contributed by atoms with Crippen LogP contribution in [0.4, 0.5) is 0 Å². The van der Waals surface area contributed by atoms with Gasteiger partial charge in [0.05, 0.1) is 4.90 Å². The number of aromatic hydroxyl groups is 1. The lowest BCUT2D eigenvalue weighted by molar-refractivity contribution is 0.426. The first-order valence-corrected chi connectivity index (χ1v) is 9.34. The van der Waals surface area contributed by atoms with E-state index < -0.39 is 32.6 Å². The number of nitrogens with zero attached hydrogens (tertiary/aromatic N) is 3. The largest absolute Gasteiger partial charge is 0.492 e. The molecule has 0 aliphatic rings. The van der Waals surface area contributed by atoms with Crippen molar-refractivity contribution in [2.75, 3.05) is 4.83 Å². The van der Waals surface area contributed by atoms with E-state index in [1.54, 1.807) is 48.5 Å². The number of nitrogens with one attached hydrogen (secondary N) is 1. The minimum atomic E-state index is -4.25. The van der Waals surface area contributed by atoms with Crippen molar-refractivity contribution in [2.45, 2.75) is 4.90 Å². The van der Waals surface area contributed by atoms with Gasteiger partial charge in [0, 0.05) is 5.56 Å². The first-order valence-electron chi connectivity index (χ1n) is 7.86. The normalized spacial score (nSPS) is 10.6. The molecule has 0 unspecified atom stereocenters. The molecule has 0 saturated carbocycles. The van der Waals surface area contributed by atoms with Gasteiger partial charge in [-0.2, -0.15) is 23.6 Å². The van der Waals surface area contributed by atoms with Crippen molar-refractivity contribution in [1.82, 2.24) is 4.68 Å². The molecule has 3 aromatic rings. The van der Waals surface area contributed by atoms with E-state index in [-0.39, 0.29) is 15.1 Å². The van der Waals surface area contributed by atoms with Crippen molar-refractivity contribution < 1.29 is 13.5 Å². The predicted octanol–water partition coefficient (Wildman–Crippen LogP) is 1.90. The van der Waals surface area contributed by atoms with Gasteiger partial charge in [0.25, 0.3) is 15.6 Å². The second-order valence-corrected chi connectivity index (χ2v) is 7.25. The Hall–Kier alpha value is -4.08. The van der Waals surface area contributed by atoms with Crippen molar-refractivity contribution in [3.05, 3.63) is 82.1 Å². The molecule has 0 aliphatic heterocycles. The number of sulfonamides is 1. The standard InChI is InChI=1S/C19H12N4O4S/c20-11-15-17(13-7-3-1-4-8-13)16(12-21)19(25)23(18(15)24)22-28(26,27)14-9-5-2-6-10-14/h1-10,22,24H. The van der Waals surface area contributed by atoms with Crippen LogP contribution in [0.1, 0.15) is 11.1 Å². The first kappa shape index (κ1) is 18.7. The van der Waals surface area contributed by atoms with Crippen LogP contribution in [0.2, 0.25) is 0 Å². The summed E-state index contributed by atoms with van der Waals surface area (Å²) in [6, 6.07) is 18.7. The van der Waals surface area contributed by atoms with Crippen molar-refractivity contribution in [1.29, 1.82) is 10.5 Å². The lowest BCUT2D eigenvalue weighted by atomic mass is 9.97. The summed E-state index contributed by atoms with van der Waals surface area (Å²) in [5, 5.41) is 29.4. The van der Waals surface area contributed by atoms with E-state index in [0.29, 0.717) is 5.56 Å². The van der Waals surface area contributed by atoms with Gasteiger partial charge in [-0.05, 0) is 17.7 Å². The van der Waals surface area contributed by atoms with Crippen LogP contribution >= 0.6 is 0 Å². The number of hydrogen-bond acceptors (Lipinski definition) is 6. The minimum Gasteiger partial charge on any atom is -0.492 e. The van der Waals surface area contributed by atoms with Gasteiger partial charge in [-0.25, -0.2) is 4.83 Å². The van der Waals surface area contributed by atoms with Gasteiger partial charge in [0.2, 0.25) is 5.88 Å². The van der Waals surface area contributed by atoms with Crippen molar-refractivity contribution in [3.63, 3.8) is 0 Å². The van der Waals surface area contributed by atoms with Crippen LogP contribution in [0.5, 0.6) is 5.88 Å². The molecule has 9 heteroatoms. The Bertz CT molecular complexity index is 1290. The molecule has 8 nitrogen and oxygen atoms in total. The first-order chi connectivity index (χ1) is 13.4. The molecule has 0 amide bonds. The summed E-state index contributed by atoms with van der Waals surface area (Å²) >= 11 is 0. The van der Waals surface area contributed by atoms with Gasteiger partial charge in [-0.3, -0.25) is 4.79 Å². The van der Waals surface area contributed by atoms with Crippen molar-refractivity contribution in [3.8, 4) is 29.1 Å². The second kappa shape index (κ2) is 7.27. The third-order valence-electron chi connectivity index (χ3n) is 3.90. The van der Waals surface area contributed by atoms with E-state index >= 15 is 0 Å². The van der Waals surface area contributed by atoms with Gasteiger partial charge in [0.15, 0.2) is 0 Å². The fourth-order valence-corrected chi connectivity index (χ4v) is 3.65. The third-order valence-corrected chi connectivity index (χ3v) is 5.22. The maximum absolute atomic E-state index is 12.7. The topological polar surface area (TPSA) is 136 Å². The molecule has 0 spiro atoms. The molecule has 1 aromatic heterocycles. The van der Waals surface area contributed by atoms with E-state index in [4.69, 9.17) is 0 Å². The van der Waals surface area contributed by atoms with Crippen molar-refractivity contribution in [2.24, 2.45) is 0 Å². The number of nitriles is 2. The quantitative estimate of drug-likeness (QED) is 0.696. The molecule has 1 heterocycles. The maximum atomic E-state index is 12.7. The van der Waals surface area contributed by atoms with Crippen LogP contribution < -0.4 is 10.4 Å². The van der Waals surface area contributed by atoms with Gasteiger partial charge in [0.1, 0.15) is 23.3 Å². The fraction of sp³-hybridized carbons (Fsp3) is 0. The summed E-state index contributed by atoms with van der Waals surface area (Å²) < 4.78 is 25.3. The molecule has 28 heavy (non-hydrogen) atoms. The predicted molar refractivity (Wildman–Crippen MR) is 100 cm³/mol. The van der Waals surface area contributed by atoms with Crippen LogP contribution in [-0.2, 0) is 10.0 Å². The fourth-order valence-electron chi connectivity index (χ4n) is 2.62. The molecule has 138 valence electrons. The van der Waals surface area contributed by atoms with Crippen LogP contribution in [-0.4, -0.2) is 18.2 Å². The number of pyridine rings is 1. The smallest absolute Gasteiger partial charge is 0.291 e. The van der Waals surface area contributed by atoms with E-state index in [9.17, 15) is 28.8 Å². The molecule has 2 aromatic carbocycles. The zero-order chi connectivity index (χ0) is 20.3. The molecular formula is C19H12N4O4S. The molecule has 0 aliphatic carbocycles. The Kier molecular flexibility index (Phi) is 4.86. The zero-order valence-corrected chi connectivity index (χ0v) is 15.0. The second-order valence-electron chi connectivity index (χ2n) is 5.59. The summed E-state index contributed by atoms with van der Waals surface area (Å²) in [6.45, 7) is 0. The van der Waals surface area contributed by atoms with Crippen LogP contribution in [0.25, 0.3) is 11.1 Å². The molecule has 2 N–H and O–H groups in total. The van der Waals surface area contributed by atoms with Crippen LogP contribution in [0, 0.1) is 22.7 Å². The highest BCUT2D eigenvalue weighted by Crippen LogP contribution is 2.30. The van der Waals surface area contributed by atoms with E-state index in [1.165, 1.54) is 24.3 Å². The molecular weight excluding hydrogens is 380 g/mol. The Labute approximate surface area is 160 Å². The minimum absolute atomic E-state index is 0.0664. The van der Waals surface area contributed by atoms with Gasteiger partial charge in [-0.15, -0.1) is 0 Å². The average Bonchev–Trinajstić information content (AvgIpc) is 2.72. The number of benzene rings is 2. The molecule has 0 radical (unpaired) electrons. The van der Waals surface area contributed by atoms with Crippen molar-refractivity contribution >= 4 is 10.0 Å². The van der Waals surface area contributed by atoms with Crippen LogP contribution in [0.15, 0.2) is 70.4 Å². The zero-order valence-electron chi connectivity index (χ0n) is 14.2. The highest BCUT2D eigenvalue weighted by atomic mass is 32.2. The Morgan fingerprint density at radius 3 is 1.96 bits per heavy atom. The lowest BCUT2D eigenvalue weighted by Crippen LogP contribution is -2.35. The lowest BCUT2D eigenvalue weighted by Gasteiger charge is -2.16.